The summed E-state index contributed by atoms with van der Waals surface area (Å²) in [7, 11) is 0. The number of fused-ring (bicyclic) bond motifs is 1. The first-order chi connectivity index (χ1) is 14.1. The second-order valence-corrected chi connectivity index (χ2v) is 6.96. The van der Waals surface area contributed by atoms with Crippen molar-refractivity contribution in [3.63, 3.8) is 0 Å². The zero-order chi connectivity index (χ0) is 20.2. The van der Waals surface area contributed by atoms with Crippen molar-refractivity contribution < 1.29 is 19.2 Å². The van der Waals surface area contributed by atoms with E-state index in [1.54, 1.807) is 6.07 Å². The first-order valence-corrected chi connectivity index (χ1v) is 9.48. The Hall–Kier alpha value is -3.66. The van der Waals surface area contributed by atoms with Gasteiger partial charge in [0.2, 0.25) is 12.7 Å². The third-order valence-corrected chi connectivity index (χ3v) is 4.94. The van der Waals surface area contributed by atoms with Crippen LogP contribution < -0.4 is 14.8 Å². The molecule has 0 atom stereocenters. The van der Waals surface area contributed by atoms with E-state index in [-0.39, 0.29) is 24.1 Å². The molecule has 29 heavy (non-hydrogen) atoms. The number of anilines is 1. The number of thioether (sulfide) groups is 1. The lowest BCUT2D eigenvalue weighted by Crippen LogP contribution is -2.14. The minimum Gasteiger partial charge on any atom is -0.454 e. The number of amides is 1. The number of carbonyl (C=O) groups excluding carboxylic acids is 1. The van der Waals surface area contributed by atoms with Crippen LogP contribution in [0, 0.1) is 10.1 Å². The molecule has 1 N–H and O–H groups in total. The quantitative estimate of drug-likeness (QED) is 0.373. The smallest absolute Gasteiger partial charge is 0.269 e. The van der Waals surface area contributed by atoms with Crippen LogP contribution in [0.2, 0.25) is 0 Å². The van der Waals surface area contributed by atoms with E-state index in [4.69, 9.17) is 9.47 Å². The van der Waals surface area contributed by atoms with Gasteiger partial charge in [-0.05, 0) is 42.5 Å². The predicted molar refractivity (Wildman–Crippen MR) is 106 cm³/mol. The van der Waals surface area contributed by atoms with Crippen LogP contribution in [0.3, 0.4) is 0 Å². The zero-order valence-electron chi connectivity index (χ0n) is 14.9. The number of non-ortho nitro benzene ring substituents is 1. The Morgan fingerprint density at radius 2 is 1.86 bits per heavy atom. The highest BCUT2D eigenvalue weighted by Crippen LogP contribution is 2.35. The van der Waals surface area contributed by atoms with Crippen LogP contribution in [0.4, 0.5) is 11.4 Å². The SMILES string of the molecule is O=C(CSc1ccc(-c2ccc3c(c2)OCO3)nn1)Nc1ccc([N+](=O)[O-])cc1. The van der Waals surface area contributed by atoms with Gasteiger partial charge in [0.25, 0.3) is 5.69 Å². The van der Waals surface area contributed by atoms with E-state index in [0.717, 1.165) is 5.56 Å². The van der Waals surface area contributed by atoms with Crippen molar-refractivity contribution in [3.05, 3.63) is 64.7 Å². The maximum atomic E-state index is 12.1. The number of aromatic nitrogens is 2. The van der Waals surface area contributed by atoms with Crippen molar-refractivity contribution in [3.8, 4) is 22.8 Å². The van der Waals surface area contributed by atoms with Gasteiger partial charge in [0, 0.05) is 23.4 Å². The number of rotatable bonds is 6. The number of nitro groups is 1. The molecule has 0 unspecified atom stereocenters. The second kappa shape index (κ2) is 8.15. The summed E-state index contributed by atoms with van der Waals surface area (Å²) < 4.78 is 10.7. The van der Waals surface area contributed by atoms with Crippen LogP contribution in [0.5, 0.6) is 11.5 Å². The molecule has 1 aliphatic heterocycles. The summed E-state index contributed by atoms with van der Waals surface area (Å²) in [6.07, 6.45) is 0. The van der Waals surface area contributed by atoms with Crippen molar-refractivity contribution in [2.45, 2.75) is 5.03 Å². The maximum absolute atomic E-state index is 12.1. The molecule has 0 radical (unpaired) electrons. The van der Waals surface area contributed by atoms with Gasteiger partial charge in [-0.3, -0.25) is 14.9 Å². The average molecular weight is 410 g/mol. The number of benzene rings is 2. The molecule has 1 aromatic heterocycles. The van der Waals surface area contributed by atoms with Gasteiger partial charge in [-0.2, -0.15) is 0 Å². The van der Waals surface area contributed by atoms with Gasteiger partial charge in [-0.15, -0.1) is 10.2 Å². The van der Waals surface area contributed by atoms with Crippen LogP contribution >= 0.6 is 11.8 Å². The van der Waals surface area contributed by atoms with Crippen LogP contribution in [-0.4, -0.2) is 33.6 Å². The van der Waals surface area contributed by atoms with Gasteiger partial charge in [-0.25, -0.2) is 0 Å². The molecule has 0 bridgehead atoms. The minimum absolute atomic E-state index is 0.0322. The molecular formula is C19H14N4O5S. The number of hydrogen-bond acceptors (Lipinski definition) is 8. The molecule has 0 saturated carbocycles. The minimum atomic E-state index is -0.493. The number of nitrogens with zero attached hydrogens (tertiary/aromatic N) is 3. The van der Waals surface area contributed by atoms with E-state index in [2.05, 4.69) is 15.5 Å². The molecule has 0 saturated heterocycles. The summed E-state index contributed by atoms with van der Waals surface area (Å²) in [6.45, 7) is 0.210. The van der Waals surface area contributed by atoms with E-state index in [1.807, 2.05) is 24.3 Å². The third kappa shape index (κ3) is 4.43. The Morgan fingerprint density at radius 1 is 1.07 bits per heavy atom. The van der Waals surface area contributed by atoms with Crippen LogP contribution in [0.15, 0.2) is 59.6 Å². The Balaban J connectivity index is 1.33. The fourth-order valence-corrected chi connectivity index (χ4v) is 3.22. The molecule has 4 rings (SSSR count). The Labute approximate surface area is 169 Å². The number of nitro benzene ring substituents is 1. The van der Waals surface area contributed by atoms with Gasteiger partial charge in [-0.1, -0.05) is 11.8 Å². The highest BCUT2D eigenvalue weighted by atomic mass is 32.2. The predicted octanol–water partition coefficient (Wildman–Crippen LogP) is 3.51. The first kappa shape index (κ1) is 18.7. The molecule has 146 valence electrons. The van der Waals surface area contributed by atoms with Gasteiger partial charge in [0.1, 0.15) is 5.03 Å². The fourth-order valence-electron chi connectivity index (χ4n) is 2.61. The zero-order valence-corrected chi connectivity index (χ0v) is 15.7. The van der Waals surface area contributed by atoms with Crippen LogP contribution in [0.1, 0.15) is 0 Å². The second-order valence-electron chi connectivity index (χ2n) is 5.97. The summed E-state index contributed by atoms with van der Waals surface area (Å²) in [5, 5.41) is 22.3. The molecule has 2 heterocycles. The number of carbonyl (C=O) groups is 1. The summed E-state index contributed by atoms with van der Waals surface area (Å²) >= 11 is 1.24. The van der Waals surface area contributed by atoms with E-state index in [0.29, 0.717) is 27.9 Å². The Bertz CT molecular complexity index is 1060. The molecule has 1 amide bonds. The van der Waals surface area contributed by atoms with Crippen molar-refractivity contribution in [1.82, 2.24) is 10.2 Å². The highest BCUT2D eigenvalue weighted by Gasteiger charge is 2.14. The molecule has 10 heteroatoms. The molecule has 9 nitrogen and oxygen atoms in total. The monoisotopic (exact) mass is 410 g/mol. The standard InChI is InChI=1S/C19H14N4O5S/c24-18(20-13-2-4-14(5-3-13)23(25)26)10-29-19-8-6-15(21-22-19)12-1-7-16-17(9-12)28-11-27-16/h1-9H,10-11H2,(H,20,24). The largest absolute Gasteiger partial charge is 0.454 e. The number of ether oxygens (including phenoxy) is 2. The van der Waals surface area contributed by atoms with Gasteiger partial charge in [0.15, 0.2) is 11.5 Å². The van der Waals surface area contributed by atoms with Gasteiger partial charge >= 0.3 is 0 Å². The summed E-state index contributed by atoms with van der Waals surface area (Å²) in [5.74, 6) is 1.26. The Morgan fingerprint density at radius 3 is 2.59 bits per heavy atom. The van der Waals surface area contributed by atoms with E-state index in [1.165, 1.54) is 36.0 Å². The Kier molecular flexibility index (Phi) is 5.25. The van der Waals surface area contributed by atoms with Crippen molar-refractivity contribution >= 4 is 29.0 Å². The lowest BCUT2D eigenvalue weighted by atomic mass is 10.1. The molecule has 0 spiro atoms. The van der Waals surface area contributed by atoms with Crippen LogP contribution in [-0.2, 0) is 4.79 Å². The fraction of sp³-hybridized carbons (Fsp3) is 0.105. The summed E-state index contributed by atoms with van der Waals surface area (Å²) in [4.78, 5) is 22.2. The topological polar surface area (TPSA) is 116 Å². The van der Waals surface area contributed by atoms with Gasteiger partial charge < -0.3 is 14.8 Å². The van der Waals surface area contributed by atoms with Crippen molar-refractivity contribution in [2.75, 3.05) is 17.9 Å². The summed E-state index contributed by atoms with van der Waals surface area (Å²) in [5.41, 5.74) is 2.00. The summed E-state index contributed by atoms with van der Waals surface area (Å²) in [6, 6.07) is 14.8. The van der Waals surface area contributed by atoms with Crippen molar-refractivity contribution in [2.24, 2.45) is 0 Å². The van der Waals surface area contributed by atoms with E-state index < -0.39 is 4.92 Å². The normalized spacial score (nSPS) is 11.9. The third-order valence-electron chi connectivity index (χ3n) is 4.02. The average Bonchev–Trinajstić information content (AvgIpc) is 3.21. The lowest BCUT2D eigenvalue weighted by Gasteiger charge is -2.05. The molecule has 0 aliphatic carbocycles. The van der Waals surface area contributed by atoms with Crippen LogP contribution in [0.25, 0.3) is 11.3 Å². The lowest BCUT2D eigenvalue weighted by molar-refractivity contribution is -0.384. The molecule has 2 aromatic carbocycles. The van der Waals surface area contributed by atoms with E-state index in [9.17, 15) is 14.9 Å². The molecule has 0 fully saturated rings. The number of nitrogens with one attached hydrogen (secondary N) is 1. The van der Waals surface area contributed by atoms with Crippen molar-refractivity contribution in [1.29, 1.82) is 0 Å². The van der Waals surface area contributed by atoms with Gasteiger partial charge in [0.05, 0.1) is 16.4 Å². The van der Waals surface area contributed by atoms with E-state index >= 15 is 0 Å². The number of hydrogen-bond donors (Lipinski definition) is 1. The first-order valence-electron chi connectivity index (χ1n) is 8.49. The molecular weight excluding hydrogens is 396 g/mol. The molecule has 1 aliphatic rings. The highest BCUT2D eigenvalue weighted by molar-refractivity contribution is 7.99. The molecule has 3 aromatic rings. The maximum Gasteiger partial charge on any atom is 0.269 e.